The molecule has 84 valence electrons. The van der Waals surface area contributed by atoms with E-state index in [2.05, 4.69) is 10.1 Å². The largest absolute Gasteiger partial charge is 0.478 e. The maximum absolute atomic E-state index is 10.9. The number of halogens is 1. The summed E-state index contributed by atoms with van der Waals surface area (Å²) >= 11 is 0. The predicted octanol–water partition coefficient (Wildman–Crippen LogP) is 1.60. The first-order chi connectivity index (χ1) is 7.20. The first kappa shape index (κ1) is 12.2. The fourth-order valence-corrected chi connectivity index (χ4v) is 1.40. The zero-order valence-corrected chi connectivity index (χ0v) is 9.31. The Balaban J connectivity index is 0.00000128. The summed E-state index contributed by atoms with van der Waals surface area (Å²) in [6.07, 6.45) is 2.94. The van der Waals surface area contributed by atoms with Crippen LogP contribution in [-0.2, 0) is 7.05 Å². The maximum Gasteiger partial charge on any atom is 0.339 e. The molecule has 0 atom stereocenters. The number of aromatic carboxylic acids is 1. The molecule has 0 aromatic carbocycles. The molecule has 2 aromatic rings. The molecule has 2 heterocycles. The molecule has 0 aliphatic carbocycles. The second kappa shape index (κ2) is 4.76. The smallest absolute Gasteiger partial charge is 0.339 e. The molecule has 2 rings (SSSR count). The molecule has 0 spiro atoms. The summed E-state index contributed by atoms with van der Waals surface area (Å²) in [7, 11) is 1.69. The standard InChI is InChI=1S/C10H9N3O2.ClH/c1-13-9(7(6-12-13)10(14)15)8-4-2-3-5-11-8;/h2-6H,1H3,(H,14,15);1H. The zero-order chi connectivity index (χ0) is 10.8. The van der Waals surface area contributed by atoms with Crippen LogP contribution in [-0.4, -0.2) is 25.8 Å². The van der Waals surface area contributed by atoms with E-state index in [9.17, 15) is 4.79 Å². The average molecular weight is 240 g/mol. The second-order valence-corrected chi connectivity index (χ2v) is 3.05. The van der Waals surface area contributed by atoms with Crippen molar-refractivity contribution in [2.45, 2.75) is 0 Å². The molecule has 0 amide bonds. The first-order valence-corrected chi connectivity index (χ1v) is 4.37. The summed E-state index contributed by atoms with van der Waals surface area (Å²) in [5.41, 5.74) is 1.29. The molecule has 5 nitrogen and oxygen atoms in total. The fraction of sp³-hybridized carbons (Fsp3) is 0.100. The van der Waals surface area contributed by atoms with Crippen molar-refractivity contribution < 1.29 is 9.90 Å². The number of hydrogen-bond donors (Lipinski definition) is 1. The van der Waals surface area contributed by atoms with Gasteiger partial charge in [-0.2, -0.15) is 5.10 Å². The van der Waals surface area contributed by atoms with Gasteiger partial charge in [-0.25, -0.2) is 4.79 Å². The van der Waals surface area contributed by atoms with Gasteiger partial charge in [0.2, 0.25) is 0 Å². The van der Waals surface area contributed by atoms with Gasteiger partial charge >= 0.3 is 5.97 Å². The van der Waals surface area contributed by atoms with Crippen LogP contribution < -0.4 is 0 Å². The van der Waals surface area contributed by atoms with Crippen molar-refractivity contribution in [3.8, 4) is 11.4 Å². The van der Waals surface area contributed by atoms with E-state index in [1.54, 1.807) is 31.4 Å². The molecule has 0 fully saturated rings. The minimum Gasteiger partial charge on any atom is -0.478 e. The number of carbonyl (C=O) groups is 1. The lowest BCUT2D eigenvalue weighted by molar-refractivity contribution is 0.0697. The Hall–Kier alpha value is -1.88. The molecule has 0 saturated carbocycles. The molecule has 0 bridgehead atoms. The van der Waals surface area contributed by atoms with E-state index in [-0.39, 0.29) is 18.0 Å². The van der Waals surface area contributed by atoms with Gasteiger partial charge in [0.15, 0.2) is 0 Å². The lowest BCUT2D eigenvalue weighted by Gasteiger charge is -2.01. The van der Waals surface area contributed by atoms with Gasteiger partial charge in [-0.1, -0.05) is 6.07 Å². The molecule has 16 heavy (non-hydrogen) atoms. The summed E-state index contributed by atoms with van der Waals surface area (Å²) in [6, 6.07) is 5.34. The summed E-state index contributed by atoms with van der Waals surface area (Å²) < 4.78 is 1.51. The number of carboxylic acids is 1. The highest BCUT2D eigenvalue weighted by atomic mass is 35.5. The highest BCUT2D eigenvalue weighted by Gasteiger charge is 2.16. The summed E-state index contributed by atoms with van der Waals surface area (Å²) in [5.74, 6) is -0.997. The SMILES string of the molecule is Cl.Cn1ncc(C(=O)O)c1-c1ccccn1. The number of nitrogens with zero attached hydrogens (tertiary/aromatic N) is 3. The van der Waals surface area contributed by atoms with Crippen molar-refractivity contribution in [2.24, 2.45) is 7.05 Å². The van der Waals surface area contributed by atoms with E-state index in [4.69, 9.17) is 5.11 Å². The minimum absolute atomic E-state index is 0. The van der Waals surface area contributed by atoms with Gasteiger partial charge in [-0.15, -0.1) is 12.4 Å². The molecule has 2 aromatic heterocycles. The molecule has 6 heteroatoms. The van der Waals surface area contributed by atoms with E-state index < -0.39 is 5.97 Å². The summed E-state index contributed by atoms with van der Waals surface area (Å²) in [4.78, 5) is 15.0. The van der Waals surface area contributed by atoms with Crippen molar-refractivity contribution in [3.63, 3.8) is 0 Å². The van der Waals surface area contributed by atoms with Crippen molar-refractivity contribution >= 4 is 18.4 Å². The summed E-state index contributed by atoms with van der Waals surface area (Å²) in [5, 5.41) is 12.9. The van der Waals surface area contributed by atoms with Crippen LogP contribution in [0.4, 0.5) is 0 Å². The highest BCUT2D eigenvalue weighted by Crippen LogP contribution is 2.20. The van der Waals surface area contributed by atoms with Crippen LogP contribution in [0.15, 0.2) is 30.6 Å². The van der Waals surface area contributed by atoms with E-state index in [1.807, 2.05) is 0 Å². The van der Waals surface area contributed by atoms with Gasteiger partial charge in [-0.3, -0.25) is 9.67 Å². The van der Waals surface area contributed by atoms with Crippen molar-refractivity contribution in [3.05, 3.63) is 36.2 Å². The second-order valence-electron chi connectivity index (χ2n) is 3.05. The van der Waals surface area contributed by atoms with Crippen LogP contribution in [0.25, 0.3) is 11.4 Å². The quantitative estimate of drug-likeness (QED) is 0.864. The molecule has 1 N–H and O–H groups in total. The molecule has 0 aliphatic heterocycles. The predicted molar refractivity (Wildman–Crippen MR) is 60.6 cm³/mol. The van der Waals surface area contributed by atoms with Gasteiger partial charge < -0.3 is 5.11 Å². The lowest BCUT2D eigenvalue weighted by atomic mass is 10.2. The molecule has 0 unspecified atom stereocenters. The first-order valence-electron chi connectivity index (χ1n) is 4.37. The van der Waals surface area contributed by atoms with Crippen molar-refractivity contribution in [2.75, 3.05) is 0 Å². The van der Waals surface area contributed by atoms with Gasteiger partial charge in [0.05, 0.1) is 11.9 Å². The average Bonchev–Trinajstić information content (AvgIpc) is 2.61. The van der Waals surface area contributed by atoms with Crippen LogP contribution in [0.2, 0.25) is 0 Å². The van der Waals surface area contributed by atoms with Crippen LogP contribution >= 0.6 is 12.4 Å². The monoisotopic (exact) mass is 239 g/mol. The normalized spacial score (nSPS) is 9.56. The third-order valence-electron chi connectivity index (χ3n) is 2.08. The minimum atomic E-state index is -0.997. The Labute approximate surface area is 98.2 Å². The summed E-state index contributed by atoms with van der Waals surface area (Å²) in [6.45, 7) is 0. The number of hydrogen-bond acceptors (Lipinski definition) is 3. The van der Waals surface area contributed by atoms with Crippen LogP contribution in [0.1, 0.15) is 10.4 Å². The Bertz CT molecular complexity index is 496. The fourth-order valence-electron chi connectivity index (χ4n) is 1.40. The lowest BCUT2D eigenvalue weighted by Crippen LogP contribution is -2.01. The number of aromatic nitrogens is 3. The van der Waals surface area contributed by atoms with E-state index in [1.165, 1.54) is 10.9 Å². The molecular weight excluding hydrogens is 230 g/mol. The topological polar surface area (TPSA) is 68.0 Å². The number of pyridine rings is 1. The van der Waals surface area contributed by atoms with Gasteiger partial charge in [0.25, 0.3) is 0 Å². The van der Waals surface area contributed by atoms with Gasteiger partial charge in [0.1, 0.15) is 11.3 Å². The molecular formula is C10H10ClN3O2. The van der Waals surface area contributed by atoms with Crippen LogP contribution in [0.3, 0.4) is 0 Å². The van der Waals surface area contributed by atoms with Crippen molar-refractivity contribution in [1.29, 1.82) is 0 Å². The van der Waals surface area contributed by atoms with E-state index in [0.29, 0.717) is 11.4 Å². The Morgan fingerprint density at radius 3 is 2.75 bits per heavy atom. The molecule has 0 aliphatic rings. The zero-order valence-electron chi connectivity index (χ0n) is 8.49. The third-order valence-corrected chi connectivity index (χ3v) is 2.08. The van der Waals surface area contributed by atoms with Crippen LogP contribution in [0.5, 0.6) is 0 Å². The Morgan fingerprint density at radius 1 is 1.44 bits per heavy atom. The van der Waals surface area contributed by atoms with E-state index in [0.717, 1.165) is 0 Å². The Kier molecular flexibility index (Phi) is 3.63. The maximum atomic E-state index is 10.9. The number of rotatable bonds is 2. The molecule has 0 radical (unpaired) electrons. The van der Waals surface area contributed by atoms with Gasteiger partial charge in [-0.05, 0) is 12.1 Å². The van der Waals surface area contributed by atoms with Crippen molar-refractivity contribution in [1.82, 2.24) is 14.8 Å². The Morgan fingerprint density at radius 2 is 2.19 bits per heavy atom. The number of carboxylic acid groups (broad SMARTS) is 1. The molecule has 0 saturated heterocycles. The van der Waals surface area contributed by atoms with Crippen LogP contribution in [0, 0.1) is 0 Å². The third kappa shape index (κ3) is 2.04. The highest BCUT2D eigenvalue weighted by molar-refractivity contribution is 5.94. The van der Waals surface area contributed by atoms with E-state index >= 15 is 0 Å². The van der Waals surface area contributed by atoms with Gasteiger partial charge in [0, 0.05) is 13.2 Å². The number of aryl methyl sites for hydroxylation is 1.